The minimum absolute atomic E-state index is 0.360. The van der Waals surface area contributed by atoms with E-state index >= 15 is 0 Å². The standard InChI is InChI=1S/C11H20N2S2/c1-9(7-14-3)13(2)11(6-12)10-4-5-15-8-10/h4-5,8-9,11H,6-7,12H2,1-3H3. The maximum atomic E-state index is 5.86. The van der Waals surface area contributed by atoms with Crippen molar-refractivity contribution in [3.05, 3.63) is 22.4 Å². The molecular formula is C11H20N2S2. The van der Waals surface area contributed by atoms with Gasteiger partial charge in [-0.2, -0.15) is 23.1 Å². The molecule has 1 rings (SSSR count). The van der Waals surface area contributed by atoms with Gasteiger partial charge in [-0.1, -0.05) is 0 Å². The van der Waals surface area contributed by atoms with Crippen LogP contribution in [0.5, 0.6) is 0 Å². The first kappa shape index (κ1) is 13.0. The van der Waals surface area contributed by atoms with Gasteiger partial charge in [0.1, 0.15) is 0 Å². The molecule has 0 radical (unpaired) electrons. The van der Waals surface area contributed by atoms with Crippen LogP contribution in [0, 0.1) is 0 Å². The first-order valence-corrected chi connectivity index (χ1v) is 7.47. The van der Waals surface area contributed by atoms with Gasteiger partial charge in [-0.3, -0.25) is 4.90 Å². The molecule has 0 saturated carbocycles. The molecule has 0 fully saturated rings. The van der Waals surface area contributed by atoms with Crippen LogP contribution in [0.15, 0.2) is 16.8 Å². The van der Waals surface area contributed by atoms with E-state index in [0.717, 1.165) is 5.75 Å². The topological polar surface area (TPSA) is 29.3 Å². The molecule has 0 spiro atoms. The summed E-state index contributed by atoms with van der Waals surface area (Å²) >= 11 is 3.62. The summed E-state index contributed by atoms with van der Waals surface area (Å²) in [7, 11) is 2.16. The van der Waals surface area contributed by atoms with E-state index in [4.69, 9.17) is 5.73 Å². The van der Waals surface area contributed by atoms with Gasteiger partial charge in [-0.15, -0.1) is 0 Å². The van der Waals surface area contributed by atoms with Gasteiger partial charge in [0, 0.05) is 24.4 Å². The lowest BCUT2D eigenvalue weighted by molar-refractivity contribution is 0.204. The van der Waals surface area contributed by atoms with Gasteiger partial charge in [-0.05, 0) is 42.6 Å². The highest BCUT2D eigenvalue weighted by Crippen LogP contribution is 2.23. The summed E-state index contributed by atoms with van der Waals surface area (Å²) < 4.78 is 0. The number of thioether (sulfide) groups is 1. The molecular weight excluding hydrogens is 224 g/mol. The number of nitrogens with two attached hydrogens (primary N) is 1. The summed E-state index contributed by atoms with van der Waals surface area (Å²) in [4.78, 5) is 2.37. The average molecular weight is 244 g/mol. The molecule has 1 aromatic heterocycles. The van der Waals surface area contributed by atoms with Crippen molar-refractivity contribution in [2.24, 2.45) is 5.73 Å². The van der Waals surface area contributed by atoms with Gasteiger partial charge >= 0.3 is 0 Å². The van der Waals surface area contributed by atoms with Gasteiger partial charge in [0.25, 0.3) is 0 Å². The minimum Gasteiger partial charge on any atom is -0.329 e. The Kier molecular flexibility index (Phi) is 5.68. The third-order valence-electron chi connectivity index (χ3n) is 2.75. The molecule has 15 heavy (non-hydrogen) atoms. The summed E-state index contributed by atoms with van der Waals surface area (Å²) in [5, 5.41) is 4.31. The third-order valence-corrected chi connectivity index (χ3v) is 4.26. The second kappa shape index (κ2) is 6.53. The molecule has 1 heterocycles. The van der Waals surface area contributed by atoms with Gasteiger partial charge in [0.05, 0.1) is 0 Å². The Labute approximate surface area is 101 Å². The largest absolute Gasteiger partial charge is 0.329 e. The van der Waals surface area contributed by atoms with Crippen LogP contribution in [-0.4, -0.2) is 36.5 Å². The average Bonchev–Trinajstić information content (AvgIpc) is 2.72. The molecule has 0 bridgehead atoms. The van der Waals surface area contributed by atoms with E-state index in [9.17, 15) is 0 Å². The molecule has 0 saturated heterocycles. The highest BCUT2D eigenvalue weighted by Gasteiger charge is 2.19. The van der Waals surface area contributed by atoms with Crippen molar-refractivity contribution < 1.29 is 0 Å². The van der Waals surface area contributed by atoms with Crippen molar-refractivity contribution in [1.82, 2.24) is 4.90 Å². The van der Waals surface area contributed by atoms with E-state index in [-0.39, 0.29) is 0 Å². The highest BCUT2D eigenvalue weighted by atomic mass is 32.2. The van der Waals surface area contributed by atoms with Crippen LogP contribution in [0.25, 0.3) is 0 Å². The van der Waals surface area contributed by atoms with Crippen molar-refractivity contribution in [3.63, 3.8) is 0 Å². The van der Waals surface area contributed by atoms with Crippen LogP contribution in [-0.2, 0) is 0 Å². The molecule has 0 aliphatic heterocycles. The number of likely N-dealkylation sites (N-methyl/N-ethyl adjacent to an activating group) is 1. The fourth-order valence-electron chi connectivity index (χ4n) is 1.67. The Morgan fingerprint density at radius 2 is 2.33 bits per heavy atom. The lowest BCUT2D eigenvalue weighted by Gasteiger charge is -2.31. The fourth-order valence-corrected chi connectivity index (χ4v) is 3.09. The predicted molar refractivity (Wildman–Crippen MR) is 71.7 cm³/mol. The second-order valence-corrected chi connectivity index (χ2v) is 5.47. The molecule has 4 heteroatoms. The second-order valence-electron chi connectivity index (χ2n) is 3.78. The summed E-state index contributed by atoms with van der Waals surface area (Å²) in [5.41, 5.74) is 7.20. The van der Waals surface area contributed by atoms with Crippen molar-refractivity contribution in [2.45, 2.75) is 19.0 Å². The van der Waals surface area contributed by atoms with Crippen LogP contribution in [0.4, 0.5) is 0 Å². The van der Waals surface area contributed by atoms with Crippen LogP contribution >= 0.6 is 23.1 Å². The molecule has 1 aromatic rings. The van der Waals surface area contributed by atoms with E-state index in [1.165, 1.54) is 5.56 Å². The molecule has 2 N–H and O–H groups in total. The quantitative estimate of drug-likeness (QED) is 0.833. The maximum Gasteiger partial charge on any atom is 0.0478 e. The zero-order valence-corrected chi connectivity index (χ0v) is 11.3. The summed E-state index contributed by atoms with van der Waals surface area (Å²) in [6.07, 6.45) is 2.15. The number of thiophene rings is 1. The molecule has 0 amide bonds. The molecule has 2 atom stereocenters. The summed E-state index contributed by atoms with van der Waals surface area (Å²) in [6, 6.07) is 3.09. The SMILES string of the molecule is CSCC(C)N(C)C(CN)c1ccsc1. The monoisotopic (exact) mass is 244 g/mol. The first-order valence-electron chi connectivity index (χ1n) is 5.13. The van der Waals surface area contributed by atoms with Crippen molar-refractivity contribution >= 4 is 23.1 Å². The van der Waals surface area contributed by atoms with Crippen molar-refractivity contribution in [3.8, 4) is 0 Å². The van der Waals surface area contributed by atoms with Gasteiger partial charge in [0.2, 0.25) is 0 Å². The Balaban J connectivity index is 2.66. The van der Waals surface area contributed by atoms with Crippen LogP contribution in [0.1, 0.15) is 18.5 Å². The third kappa shape index (κ3) is 3.48. The summed E-state index contributed by atoms with van der Waals surface area (Å²) in [5.74, 6) is 1.15. The number of rotatable bonds is 6. The normalized spacial score (nSPS) is 15.5. The van der Waals surface area contributed by atoms with E-state index in [2.05, 4.69) is 42.0 Å². The Bertz CT molecular complexity index is 262. The molecule has 0 aliphatic rings. The smallest absolute Gasteiger partial charge is 0.0478 e. The van der Waals surface area contributed by atoms with Crippen molar-refractivity contribution in [1.29, 1.82) is 0 Å². The van der Waals surface area contributed by atoms with E-state index in [1.54, 1.807) is 11.3 Å². The summed E-state index contributed by atoms with van der Waals surface area (Å²) in [6.45, 7) is 2.94. The lowest BCUT2D eigenvalue weighted by Crippen LogP contribution is -2.38. The first-order chi connectivity index (χ1) is 7.20. The Morgan fingerprint density at radius 1 is 1.60 bits per heavy atom. The minimum atomic E-state index is 0.360. The molecule has 86 valence electrons. The Hall–Kier alpha value is -0.0300. The van der Waals surface area contributed by atoms with Gasteiger partial charge in [0.15, 0.2) is 0 Å². The van der Waals surface area contributed by atoms with Gasteiger partial charge < -0.3 is 5.73 Å². The molecule has 2 unspecified atom stereocenters. The molecule has 0 aliphatic carbocycles. The Morgan fingerprint density at radius 3 is 2.80 bits per heavy atom. The van der Waals surface area contributed by atoms with E-state index in [1.807, 2.05) is 11.8 Å². The zero-order valence-electron chi connectivity index (χ0n) is 9.64. The van der Waals surface area contributed by atoms with E-state index in [0.29, 0.717) is 18.6 Å². The number of hydrogen-bond donors (Lipinski definition) is 1. The van der Waals surface area contributed by atoms with Gasteiger partial charge in [-0.25, -0.2) is 0 Å². The van der Waals surface area contributed by atoms with Crippen LogP contribution in [0.2, 0.25) is 0 Å². The maximum absolute atomic E-state index is 5.86. The highest BCUT2D eigenvalue weighted by molar-refractivity contribution is 7.98. The zero-order chi connectivity index (χ0) is 11.3. The van der Waals surface area contributed by atoms with E-state index < -0.39 is 0 Å². The fraction of sp³-hybridized carbons (Fsp3) is 0.636. The lowest BCUT2D eigenvalue weighted by atomic mass is 10.1. The van der Waals surface area contributed by atoms with Crippen molar-refractivity contribution in [2.75, 3.05) is 25.6 Å². The van der Waals surface area contributed by atoms with Crippen LogP contribution < -0.4 is 5.73 Å². The molecule has 2 nitrogen and oxygen atoms in total. The predicted octanol–water partition coefficient (Wildman–Crippen LogP) is 2.43. The number of hydrogen-bond acceptors (Lipinski definition) is 4. The number of nitrogens with zero attached hydrogens (tertiary/aromatic N) is 1. The van der Waals surface area contributed by atoms with Crippen LogP contribution in [0.3, 0.4) is 0 Å². The molecule has 0 aromatic carbocycles.